The minimum absolute atomic E-state index is 0.0557. The lowest BCUT2D eigenvalue weighted by Gasteiger charge is -2.29. The predicted molar refractivity (Wildman–Crippen MR) is 438 cm³/mol. The third-order valence-electron chi connectivity index (χ3n) is 21.0. The number of ether oxygens (including phenoxy) is 6. The van der Waals surface area contributed by atoms with Crippen LogP contribution in [-0.2, 0) is 79.2 Å². The second-order valence-corrected chi connectivity index (χ2v) is 33.1. The third-order valence-corrected chi connectivity index (χ3v) is 21.0. The van der Waals surface area contributed by atoms with Gasteiger partial charge in [-0.15, -0.1) is 0 Å². The van der Waals surface area contributed by atoms with E-state index in [1.54, 1.807) is 62.4 Å². The van der Waals surface area contributed by atoms with Crippen molar-refractivity contribution in [2.24, 2.45) is 0 Å². The minimum Gasteiger partial charge on any atom is -0.481 e. The Hall–Kier alpha value is -11.5. The van der Waals surface area contributed by atoms with Crippen LogP contribution in [0.4, 0.5) is 0 Å². The number of esters is 4. The first-order valence-electron chi connectivity index (χ1n) is 38.1. The number of ketones is 2. The zero-order valence-corrected chi connectivity index (χ0v) is 65.6. The van der Waals surface area contributed by atoms with Crippen molar-refractivity contribution >= 4 is 78.5 Å². The van der Waals surface area contributed by atoms with Gasteiger partial charge in [0.15, 0.2) is 24.8 Å². The smallest absolute Gasteiger partial charge is 0.344 e. The van der Waals surface area contributed by atoms with Gasteiger partial charge in [-0.25, -0.2) is 19.2 Å². The van der Waals surface area contributed by atoms with E-state index in [0.717, 1.165) is 121 Å². The summed E-state index contributed by atoms with van der Waals surface area (Å²) in [5, 5.41) is 6.72. The predicted octanol–water partition coefficient (Wildman–Crippen LogP) is 21.3. The van der Waals surface area contributed by atoms with Crippen LogP contribution in [0.2, 0.25) is 0 Å². The second-order valence-electron chi connectivity index (χ2n) is 33.1. The number of carbonyl (C=O) groups excluding carboxylic acids is 6. The summed E-state index contributed by atoms with van der Waals surface area (Å²) in [5.41, 5.74) is 12.1. The largest absolute Gasteiger partial charge is 0.481 e. The maximum atomic E-state index is 15.6. The number of Topliss-reactive ketones (excluding diaryl/α,β-unsaturated/α-hetero) is 2. The molecule has 8 bridgehead atoms. The fourth-order valence-electron chi connectivity index (χ4n) is 15.0. The van der Waals surface area contributed by atoms with Crippen LogP contribution in [0.3, 0.4) is 0 Å². The monoisotopic (exact) mass is 1460 g/mol. The van der Waals surface area contributed by atoms with Crippen molar-refractivity contribution in [2.75, 3.05) is 26.4 Å². The van der Waals surface area contributed by atoms with Gasteiger partial charge in [0.05, 0.1) is 24.3 Å². The molecule has 0 fully saturated rings. The zero-order chi connectivity index (χ0) is 78.1. The Labute approximate surface area is 645 Å². The van der Waals surface area contributed by atoms with Crippen molar-refractivity contribution in [3.8, 4) is 23.0 Å². The van der Waals surface area contributed by atoms with Crippen molar-refractivity contribution in [2.45, 2.75) is 157 Å². The highest BCUT2D eigenvalue weighted by molar-refractivity contribution is 6.18. The molecule has 0 spiro atoms. The number of benzene rings is 12. The van der Waals surface area contributed by atoms with Crippen molar-refractivity contribution in [3.63, 3.8) is 0 Å². The Balaban J connectivity index is 0.974. The van der Waals surface area contributed by atoms with Gasteiger partial charge in [0.1, 0.15) is 23.0 Å². The van der Waals surface area contributed by atoms with Crippen LogP contribution in [0.1, 0.15) is 216 Å². The van der Waals surface area contributed by atoms with E-state index in [4.69, 9.17) is 28.4 Å². The first kappa shape index (κ1) is 76.7. The fraction of sp³-hybridized carbons (Fsp3) is 0.286. The molecule has 0 amide bonds. The van der Waals surface area contributed by atoms with E-state index in [2.05, 4.69) is 144 Å². The van der Waals surface area contributed by atoms with Crippen molar-refractivity contribution in [3.05, 3.63) is 306 Å². The molecule has 110 heavy (non-hydrogen) atoms. The van der Waals surface area contributed by atoms with Crippen LogP contribution in [0, 0.1) is 0 Å². The molecule has 0 radical (unpaired) electrons. The van der Waals surface area contributed by atoms with E-state index in [-0.39, 0.29) is 74.8 Å². The molecule has 0 N–H and O–H groups in total. The van der Waals surface area contributed by atoms with Crippen LogP contribution >= 0.6 is 0 Å². The Morgan fingerprint density at radius 2 is 0.573 bits per heavy atom. The summed E-state index contributed by atoms with van der Waals surface area (Å²) in [7, 11) is 0. The maximum absolute atomic E-state index is 15.6. The van der Waals surface area contributed by atoms with E-state index in [1.165, 1.54) is 0 Å². The summed E-state index contributed by atoms with van der Waals surface area (Å²) in [6, 6.07) is 66.1. The first-order valence-corrected chi connectivity index (χ1v) is 38.1. The minimum atomic E-state index is -0.541. The standard InChI is InChI=1S/C98H96O12/c1-15-105-87(101)57-107-91-69-43-65-47-73(95(3,4)5)49-67(83(65)55-85(99)59-33-37-77(38-34-59)109-93(103)89-79-29-21-17-25-61(79)41-62-26-18-22-30-80(62)89)45-71-53-76(98(12,13)14)54-72(92(71)108-58-88(102)106-16-2)46-68-50-74(96(6,7)8)48-66(44-70(91)52-75(51-69)97(9,10)11)84(68)56-86(100)60-35-39-78(40-36-60)110-94(104)90-81-31-23-19-27-63(81)42-64-28-20-24-32-82(64)90/h17-42,47-54H,15-16,43-46,55-58H2,1-14H3. The van der Waals surface area contributed by atoms with E-state index >= 15 is 9.59 Å². The van der Waals surface area contributed by atoms with Gasteiger partial charge in [0.2, 0.25) is 0 Å². The van der Waals surface area contributed by atoms with Gasteiger partial charge in [-0.2, -0.15) is 0 Å². The molecule has 0 saturated carbocycles. The third kappa shape index (κ3) is 16.9. The van der Waals surface area contributed by atoms with Crippen molar-refractivity contribution < 1.29 is 57.2 Å². The Morgan fingerprint density at radius 3 is 0.827 bits per heavy atom. The number of hydrogen-bond donors (Lipinski definition) is 0. The summed E-state index contributed by atoms with van der Waals surface area (Å²) >= 11 is 0. The average Bonchev–Trinajstić information content (AvgIpc) is 0.763. The molecule has 0 atom stereocenters. The molecule has 0 aliphatic heterocycles. The van der Waals surface area contributed by atoms with Crippen LogP contribution in [0.15, 0.2) is 206 Å². The van der Waals surface area contributed by atoms with E-state index in [0.29, 0.717) is 33.8 Å². The molecule has 12 aromatic carbocycles. The van der Waals surface area contributed by atoms with E-state index in [9.17, 15) is 19.2 Å². The molecular weight excluding hydrogens is 1370 g/mol. The Bertz CT molecular complexity index is 5060. The molecule has 0 heterocycles. The van der Waals surface area contributed by atoms with Gasteiger partial charge in [0, 0.05) is 49.7 Å². The highest BCUT2D eigenvalue weighted by atomic mass is 16.6. The van der Waals surface area contributed by atoms with Gasteiger partial charge >= 0.3 is 23.9 Å². The summed E-state index contributed by atoms with van der Waals surface area (Å²) in [5.74, 6) is -0.968. The van der Waals surface area contributed by atoms with Crippen LogP contribution < -0.4 is 18.9 Å². The molecule has 12 heteroatoms. The van der Waals surface area contributed by atoms with E-state index < -0.39 is 58.8 Å². The SMILES string of the molecule is CCOC(=O)COc1c2cc(C(C)(C)C)cc1Cc1cc(C(C)(C)C)cc(c1CC(=O)c1ccc(OC(=O)c3c4ccccc4cc4ccccc34)cc1)Cc1cc(C(C)(C)C)cc(c1OCC(=O)OCC)Cc1cc(C(C)(C)C)cc(c1CC(=O)c1ccc(OC(=O)c3c4ccccc4cc4ccccc34)cc1)C2. The molecule has 12 nitrogen and oxygen atoms in total. The topological polar surface area (TPSA) is 158 Å². The molecular formula is C98H96O12. The van der Waals surface area contributed by atoms with Gasteiger partial charge < -0.3 is 28.4 Å². The van der Waals surface area contributed by atoms with Gasteiger partial charge in [0.25, 0.3) is 0 Å². The fourth-order valence-corrected chi connectivity index (χ4v) is 15.0. The number of fused-ring (bicyclic) bond motifs is 12. The first-order chi connectivity index (χ1) is 52.4. The second kappa shape index (κ2) is 31.2. The van der Waals surface area contributed by atoms with Crippen LogP contribution in [-0.4, -0.2) is 61.9 Å². The number of hydrogen-bond acceptors (Lipinski definition) is 12. The lowest BCUT2D eigenvalue weighted by Crippen LogP contribution is -2.21. The normalized spacial score (nSPS) is 12.6. The number of carbonyl (C=O) groups is 6. The van der Waals surface area contributed by atoms with Gasteiger partial charge in [-0.3, -0.25) is 9.59 Å². The molecule has 0 saturated heterocycles. The molecule has 13 rings (SSSR count). The molecule has 0 unspecified atom stereocenters. The highest BCUT2D eigenvalue weighted by Gasteiger charge is 2.32. The summed E-state index contributed by atoms with van der Waals surface area (Å²) in [6.45, 7) is 29.1. The van der Waals surface area contributed by atoms with Crippen LogP contribution in [0.5, 0.6) is 23.0 Å². The summed E-state index contributed by atoms with van der Waals surface area (Å²) < 4.78 is 37.4. The summed E-state index contributed by atoms with van der Waals surface area (Å²) in [6.07, 6.45) is 0.866. The molecule has 1 aliphatic rings. The quantitative estimate of drug-likeness (QED) is 0.0347. The van der Waals surface area contributed by atoms with E-state index in [1.807, 2.05) is 97.1 Å². The van der Waals surface area contributed by atoms with Gasteiger partial charge in [-0.05, 0) is 217 Å². The Kier molecular flexibility index (Phi) is 21.8. The molecule has 560 valence electrons. The average molecular weight is 1470 g/mol. The lowest BCUT2D eigenvalue weighted by molar-refractivity contribution is -0.146. The van der Waals surface area contributed by atoms with Gasteiger partial charge in [-0.1, -0.05) is 229 Å². The summed E-state index contributed by atoms with van der Waals surface area (Å²) in [4.78, 5) is 87.7. The Morgan fingerprint density at radius 1 is 0.318 bits per heavy atom. The molecule has 0 aromatic heterocycles. The maximum Gasteiger partial charge on any atom is 0.344 e. The van der Waals surface area contributed by atoms with Crippen molar-refractivity contribution in [1.29, 1.82) is 0 Å². The van der Waals surface area contributed by atoms with Crippen LogP contribution in [0.25, 0.3) is 43.1 Å². The van der Waals surface area contributed by atoms with Crippen molar-refractivity contribution in [1.82, 2.24) is 0 Å². The zero-order valence-electron chi connectivity index (χ0n) is 65.6. The number of rotatable bonds is 18. The highest BCUT2D eigenvalue weighted by Crippen LogP contribution is 2.44. The lowest BCUT2D eigenvalue weighted by atomic mass is 9.77. The molecule has 12 aromatic rings. The molecule has 1 aliphatic carbocycles.